The van der Waals surface area contributed by atoms with Crippen molar-refractivity contribution in [2.24, 2.45) is 5.73 Å². The van der Waals surface area contributed by atoms with Gasteiger partial charge in [-0.2, -0.15) is 0 Å². The number of hydrogen-bond acceptors (Lipinski definition) is 2. The van der Waals surface area contributed by atoms with Gasteiger partial charge in [0.2, 0.25) is 0 Å². The highest BCUT2D eigenvalue weighted by atomic mass is 79.9. The minimum Gasteiger partial charge on any atom is -0.453 e. The van der Waals surface area contributed by atoms with Crippen molar-refractivity contribution >= 4 is 27.5 Å². The normalized spacial score (nSPS) is 12.2. The third-order valence-corrected chi connectivity index (χ3v) is 4.07. The molecule has 0 radical (unpaired) electrons. The Hall–Kier alpha value is -1.10. The van der Waals surface area contributed by atoms with Gasteiger partial charge in [-0.3, -0.25) is 0 Å². The van der Waals surface area contributed by atoms with E-state index in [2.05, 4.69) is 22.9 Å². The van der Waals surface area contributed by atoms with E-state index in [1.165, 1.54) is 12.1 Å². The summed E-state index contributed by atoms with van der Waals surface area (Å²) in [4.78, 5) is 0. The fourth-order valence-corrected chi connectivity index (χ4v) is 2.56. The summed E-state index contributed by atoms with van der Waals surface area (Å²) < 4.78 is 20.1. The first kappa shape index (κ1) is 16.3. The fourth-order valence-electron chi connectivity index (χ4n) is 1.88. The van der Waals surface area contributed by atoms with Crippen LogP contribution in [0.5, 0.6) is 11.5 Å². The molecule has 2 N–H and O–H groups in total. The zero-order valence-electron chi connectivity index (χ0n) is 11.6. The Kier molecular flexibility index (Phi) is 5.62. The first-order valence-corrected chi connectivity index (χ1v) is 7.84. The van der Waals surface area contributed by atoms with Crippen LogP contribution in [0.25, 0.3) is 0 Å². The van der Waals surface area contributed by atoms with Gasteiger partial charge in [-0.05, 0) is 58.6 Å². The summed E-state index contributed by atoms with van der Waals surface area (Å²) in [6.07, 6.45) is 1.71. The van der Waals surface area contributed by atoms with E-state index in [0.717, 1.165) is 22.9 Å². The molecule has 5 heteroatoms. The van der Waals surface area contributed by atoms with Gasteiger partial charge in [-0.1, -0.05) is 30.7 Å². The van der Waals surface area contributed by atoms with Gasteiger partial charge < -0.3 is 10.5 Å². The highest BCUT2D eigenvalue weighted by molar-refractivity contribution is 9.10. The molecule has 1 unspecified atom stereocenters. The molecule has 0 amide bonds. The molecule has 0 aliphatic heterocycles. The molecule has 2 rings (SSSR count). The van der Waals surface area contributed by atoms with Crippen LogP contribution in [0, 0.1) is 5.82 Å². The quantitative estimate of drug-likeness (QED) is 0.771. The van der Waals surface area contributed by atoms with Crippen LogP contribution in [-0.2, 0) is 6.42 Å². The van der Waals surface area contributed by atoms with Crippen LogP contribution >= 0.6 is 27.5 Å². The summed E-state index contributed by atoms with van der Waals surface area (Å²) >= 11 is 9.18. The molecule has 2 aromatic rings. The second-order valence-corrected chi connectivity index (χ2v) is 6.05. The molecule has 0 saturated carbocycles. The van der Waals surface area contributed by atoms with Crippen LogP contribution < -0.4 is 10.5 Å². The number of nitrogens with two attached hydrogens (primary N) is 1. The summed E-state index contributed by atoms with van der Waals surface area (Å²) in [5, 5.41) is 0.0363. The van der Waals surface area contributed by atoms with E-state index in [9.17, 15) is 4.39 Å². The lowest BCUT2D eigenvalue weighted by atomic mass is 10.0. The van der Waals surface area contributed by atoms with Gasteiger partial charge in [0.05, 0.1) is 9.50 Å². The van der Waals surface area contributed by atoms with Crippen molar-refractivity contribution in [3.8, 4) is 11.5 Å². The van der Waals surface area contributed by atoms with Crippen molar-refractivity contribution in [2.75, 3.05) is 0 Å². The van der Waals surface area contributed by atoms with Gasteiger partial charge in [-0.25, -0.2) is 4.39 Å². The largest absolute Gasteiger partial charge is 0.453 e. The maximum absolute atomic E-state index is 13.8. The van der Waals surface area contributed by atoms with E-state index in [0.29, 0.717) is 5.75 Å². The molecule has 112 valence electrons. The molecule has 0 fully saturated rings. The lowest BCUT2D eigenvalue weighted by Gasteiger charge is -2.12. The zero-order chi connectivity index (χ0) is 15.4. The van der Waals surface area contributed by atoms with Crippen molar-refractivity contribution in [1.82, 2.24) is 0 Å². The van der Waals surface area contributed by atoms with E-state index in [1.807, 2.05) is 12.1 Å². The summed E-state index contributed by atoms with van der Waals surface area (Å²) in [5.74, 6) is 0.0642. The average molecular weight is 373 g/mol. The summed E-state index contributed by atoms with van der Waals surface area (Å²) in [7, 11) is 0. The van der Waals surface area contributed by atoms with Crippen LogP contribution in [0.4, 0.5) is 4.39 Å². The Morgan fingerprint density at radius 1 is 1.29 bits per heavy atom. The number of rotatable bonds is 5. The summed E-state index contributed by atoms with van der Waals surface area (Å²) in [6, 6.07) is 10.5. The first-order chi connectivity index (χ1) is 10.0. The molecular formula is C16H16BrClFNO. The monoisotopic (exact) mass is 371 g/mol. The Labute approximate surface area is 137 Å². The third-order valence-electron chi connectivity index (χ3n) is 3.15. The Bertz CT molecular complexity index is 636. The Morgan fingerprint density at radius 3 is 2.71 bits per heavy atom. The van der Waals surface area contributed by atoms with E-state index in [1.54, 1.807) is 12.1 Å². The highest BCUT2D eigenvalue weighted by Crippen LogP contribution is 2.33. The van der Waals surface area contributed by atoms with Gasteiger partial charge in [0.1, 0.15) is 5.75 Å². The lowest BCUT2D eigenvalue weighted by molar-refractivity contribution is 0.440. The van der Waals surface area contributed by atoms with E-state index in [-0.39, 0.29) is 16.8 Å². The van der Waals surface area contributed by atoms with Gasteiger partial charge in [0, 0.05) is 6.04 Å². The maximum Gasteiger partial charge on any atom is 0.184 e. The molecular weight excluding hydrogens is 357 g/mol. The van der Waals surface area contributed by atoms with Gasteiger partial charge in [-0.15, -0.1) is 0 Å². The number of ether oxygens (including phenoxy) is 1. The van der Waals surface area contributed by atoms with Gasteiger partial charge in [0.25, 0.3) is 0 Å². The van der Waals surface area contributed by atoms with Gasteiger partial charge >= 0.3 is 0 Å². The predicted molar refractivity (Wildman–Crippen MR) is 87.6 cm³/mol. The van der Waals surface area contributed by atoms with Crippen LogP contribution in [-0.4, -0.2) is 6.04 Å². The van der Waals surface area contributed by atoms with Crippen molar-refractivity contribution in [3.63, 3.8) is 0 Å². The summed E-state index contributed by atoms with van der Waals surface area (Å²) in [6.45, 7) is 2.05. The number of benzene rings is 2. The van der Waals surface area contributed by atoms with E-state index in [4.69, 9.17) is 22.1 Å². The minimum atomic E-state index is -0.567. The van der Waals surface area contributed by atoms with E-state index < -0.39 is 5.82 Å². The van der Waals surface area contributed by atoms with Crippen LogP contribution in [0.15, 0.2) is 40.9 Å². The van der Waals surface area contributed by atoms with Crippen molar-refractivity contribution < 1.29 is 9.13 Å². The molecule has 0 aliphatic rings. The molecule has 1 atom stereocenters. The molecule has 0 spiro atoms. The molecule has 0 heterocycles. The smallest absolute Gasteiger partial charge is 0.184 e. The molecule has 0 aromatic heterocycles. The van der Waals surface area contributed by atoms with Gasteiger partial charge in [0.15, 0.2) is 11.6 Å². The van der Waals surface area contributed by atoms with Crippen molar-refractivity contribution in [3.05, 3.63) is 57.3 Å². The maximum atomic E-state index is 13.8. The third kappa shape index (κ3) is 4.19. The first-order valence-electron chi connectivity index (χ1n) is 6.67. The summed E-state index contributed by atoms with van der Waals surface area (Å²) in [5.41, 5.74) is 7.05. The molecule has 21 heavy (non-hydrogen) atoms. The SMILES string of the molecule is CCC(N)Cc1ccc(Oc2cccc(Cl)c2F)c(Br)c1. The second-order valence-electron chi connectivity index (χ2n) is 4.79. The zero-order valence-corrected chi connectivity index (χ0v) is 13.9. The number of halogens is 3. The molecule has 0 saturated heterocycles. The lowest BCUT2D eigenvalue weighted by Crippen LogP contribution is -2.21. The average Bonchev–Trinajstić information content (AvgIpc) is 2.46. The van der Waals surface area contributed by atoms with Crippen LogP contribution in [0.3, 0.4) is 0 Å². The Morgan fingerprint density at radius 2 is 2.05 bits per heavy atom. The topological polar surface area (TPSA) is 35.2 Å². The van der Waals surface area contributed by atoms with Crippen LogP contribution in [0.2, 0.25) is 5.02 Å². The minimum absolute atomic E-state index is 0.0363. The molecule has 0 bridgehead atoms. The van der Waals surface area contributed by atoms with E-state index >= 15 is 0 Å². The predicted octanol–water partition coefficient (Wildman–Crippen LogP) is 5.31. The highest BCUT2D eigenvalue weighted by Gasteiger charge is 2.11. The standard InChI is InChI=1S/C16H16BrClFNO/c1-2-11(20)8-10-6-7-14(12(17)9-10)21-15-5-3-4-13(18)16(15)19/h3-7,9,11H,2,8,20H2,1H3. The number of hydrogen-bond donors (Lipinski definition) is 1. The fraction of sp³-hybridized carbons (Fsp3) is 0.250. The Balaban J connectivity index is 2.19. The molecule has 2 nitrogen and oxygen atoms in total. The van der Waals surface area contributed by atoms with Crippen molar-refractivity contribution in [2.45, 2.75) is 25.8 Å². The molecule has 2 aromatic carbocycles. The molecule has 0 aliphatic carbocycles. The second kappa shape index (κ2) is 7.25. The van der Waals surface area contributed by atoms with Crippen molar-refractivity contribution in [1.29, 1.82) is 0 Å². The van der Waals surface area contributed by atoms with Crippen LogP contribution in [0.1, 0.15) is 18.9 Å².